The Bertz CT molecular complexity index is 503. The highest BCUT2D eigenvalue weighted by Gasteiger charge is 2.32. The SMILES string of the molecule is C[NH+]1CCN(C(=O)C2CC[NH+](CCCc3ccccc3)CC2)CC1. The van der Waals surface area contributed by atoms with Crippen LogP contribution in [0, 0.1) is 5.92 Å². The molecule has 132 valence electrons. The van der Waals surface area contributed by atoms with E-state index in [1.807, 2.05) is 0 Å². The molecule has 0 atom stereocenters. The standard InChI is InChI=1S/C20H31N3O/c1-21-14-16-23(17-15-21)20(24)19-9-12-22(13-10-19)11-5-8-18-6-3-2-4-7-18/h2-4,6-7,19H,5,8-17H2,1H3/p+2. The van der Waals surface area contributed by atoms with Crippen LogP contribution in [0.5, 0.6) is 0 Å². The van der Waals surface area contributed by atoms with E-state index in [-0.39, 0.29) is 0 Å². The third-order valence-electron chi connectivity index (χ3n) is 5.81. The number of quaternary nitrogens is 2. The average Bonchev–Trinajstić information content (AvgIpc) is 2.63. The Labute approximate surface area is 146 Å². The number of aryl methyl sites for hydroxylation is 1. The molecule has 2 saturated heterocycles. The van der Waals surface area contributed by atoms with Gasteiger partial charge in [0.1, 0.15) is 0 Å². The number of likely N-dealkylation sites (tertiary alicyclic amines) is 1. The monoisotopic (exact) mass is 331 g/mol. The summed E-state index contributed by atoms with van der Waals surface area (Å²) in [4.78, 5) is 18.0. The number of rotatable bonds is 5. The molecule has 0 spiro atoms. The lowest BCUT2D eigenvalue weighted by molar-refractivity contribution is -0.906. The van der Waals surface area contributed by atoms with E-state index < -0.39 is 0 Å². The third-order valence-corrected chi connectivity index (χ3v) is 5.81. The number of likely N-dealkylation sites (N-methyl/N-ethyl adjacent to an activating group) is 1. The van der Waals surface area contributed by atoms with Crippen LogP contribution >= 0.6 is 0 Å². The van der Waals surface area contributed by atoms with Crippen LogP contribution in [-0.2, 0) is 11.2 Å². The van der Waals surface area contributed by atoms with Gasteiger partial charge in [-0.25, -0.2) is 0 Å². The van der Waals surface area contributed by atoms with Gasteiger partial charge in [-0.15, -0.1) is 0 Å². The van der Waals surface area contributed by atoms with Gasteiger partial charge in [-0.3, -0.25) is 4.79 Å². The van der Waals surface area contributed by atoms with Crippen molar-refractivity contribution in [1.29, 1.82) is 0 Å². The summed E-state index contributed by atoms with van der Waals surface area (Å²) in [7, 11) is 2.22. The van der Waals surface area contributed by atoms with Crippen molar-refractivity contribution in [2.45, 2.75) is 25.7 Å². The van der Waals surface area contributed by atoms with Crippen molar-refractivity contribution in [2.75, 3.05) is 52.9 Å². The number of piperidine rings is 1. The zero-order valence-corrected chi connectivity index (χ0v) is 15.1. The molecule has 0 radical (unpaired) electrons. The minimum atomic E-state index is 0.293. The Morgan fingerprint density at radius 3 is 2.42 bits per heavy atom. The highest BCUT2D eigenvalue weighted by Crippen LogP contribution is 2.14. The predicted molar refractivity (Wildman–Crippen MR) is 96.3 cm³/mol. The van der Waals surface area contributed by atoms with Gasteiger partial charge in [0.2, 0.25) is 5.91 Å². The third kappa shape index (κ3) is 4.81. The molecule has 4 nitrogen and oxygen atoms in total. The van der Waals surface area contributed by atoms with E-state index in [1.54, 1.807) is 9.80 Å². The maximum atomic E-state index is 12.7. The molecule has 0 unspecified atom stereocenters. The van der Waals surface area contributed by atoms with Crippen LogP contribution in [0.3, 0.4) is 0 Å². The zero-order valence-electron chi connectivity index (χ0n) is 15.1. The van der Waals surface area contributed by atoms with Gasteiger partial charge in [0, 0.05) is 25.2 Å². The highest BCUT2D eigenvalue weighted by molar-refractivity contribution is 5.79. The van der Waals surface area contributed by atoms with Crippen LogP contribution in [0.25, 0.3) is 0 Å². The number of hydrogen-bond donors (Lipinski definition) is 2. The Hall–Kier alpha value is -1.39. The molecule has 0 saturated carbocycles. The molecule has 2 fully saturated rings. The number of carbonyl (C=O) groups is 1. The number of benzene rings is 1. The topological polar surface area (TPSA) is 29.2 Å². The van der Waals surface area contributed by atoms with Crippen LogP contribution in [0.1, 0.15) is 24.8 Å². The lowest BCUT2D eigenvalue weighted by atomic mass is 9.94. The van der Waals surface area contributed by atoms with E-state index in [9.17, 15) is 4.79 Å². The Morgan fingerprint density at radius 2 is 1.75 bits per heavy atom. The van der Waals surface area contributed by atoms with Crippen molar-refractivity contribution < 1.29 is 14.6 Å². The molecule has 1 aromatic carbocycles. The molecule has 24 heavy (non-hydrogen) atoms. The Balaban J connectivity index is 1.35. The van der Waals surface area contributed by atoms with Crippen molar-refractivity contribution in [3.05, 3.63) is 35.9 Å². The van der Waals surface area contributed by atoms with Crippen molar-refractivity contribution in [3.8, 4) is 0 Å². The second kappa shape index (κ2) is 8.63. The summed E-state index contributed by atoms with van der Waals surface area (Å²) in [6.45, 7) is 7.70. The summed E-state index contributed by atoms with van der Waals surface area (Å²) < 4.78 is 0. The summed E-state index contributed by atoms with van der Waals surface area (Å²) >= 11 is 0. The summed E-state index contributed by atoms with van der Waals surface area (Å²) in [5.41, 5.74) is 1.44. The first kappa shape index (κ1) is 17.4. The zero-order chi connectivity index (χ0) is 16.8. The normalized spacial score (nSPS) is 25.6. The molecular formula is C20H33N3O+2. The van der Waals surface area contributed by atoms with Gasteiger partial charge in [-0.2, -0.15) is 0 Å². The van der Waals surface area contributed by atoms with Crippen LogP contribution in [0.4, 0.5) is 0 Å². The lowest BCUT2D eigenvalue weighted by Crippen LogP contribution is -3.13. The largest absolute Gasteiger partial charge is 0.335 e. The fourth-order valence-electron chi connectivity index (χ4n) is 4.08. The van der Waals surface area contributed by atoms with E-state index in [4.69, 9.17) is 0 Å². The lowest BCUT2D eigenvalue weighted by Gasteiger charge is -2.35. The van der Waals surface area contributed by atoms with Gasteiger partial charge in [0.15, 0.2) is 0 Å². The first-order chi connectivity index (χ1) is 11.7. The maximum Gasteiger partial charge on any atom is 0.226 e. The van der Waals surface area contributed by atoms with Crippen molar-refractivity contribution in [1.82, 2.24) is 4.90 Å². The number of nitrogens with one attached hydrogen (secondary N) is 2. The number of hydrogen-bond acceptors (Lipinski definition) is 1. The molecule has 0 aliphatic carbocycles. The van der Waals surface area contributed by atoms with E-state index >= 15 is 0 Å². The van der Waals surface area contributed by atoms with Crippen LogP contribution in [0.15, 0.2) is 30.3 Å². The van der Waals surface area contributed by atoms with Gasteiger partial charge in [-0.1, -0.05) is 30.3 Å². The Morgan fingerprint density at radius 1 is 1.08 bits per heavy atom. The second-order valence-corrected chi connectivity index (χ2v) is 7.65. The molecule has 0 aromatic heterocycles. The minimum Gasteiger partial charge on any atom is -0.335 e. The highest BCUT2D eigenvalue weighted by atomic mass is 16.2. The minimum absolute atomic E-state index is 0.293. The summed E-state index contributed by atoms with van der Waals surface area (Å²) in [6.07, 6.45) is 4.59. The molecule has 3 rings (SSSR count). The molecule has 0 bridgehead atoms. The van der Waals surface area contributed by atoms with Gasteiger partial charge in [0.05, 0.1) is 52.9 Å². The fraction of sp³-hybridized carbons (Fsp3) is 0.650. The molecule has 1 amide bonds. The second-order valence-electron chi connectivity index (χ2n) is 7.65. The summed E-state index contributed by atoms with van der Waals surface area (Å²) in [5, 5.41) is 0. The van der Waals surface area contributed by atoms with Gasteiger partial charge >= 0.3 is 0 Å². The quantitative estimate of drug-likeness (QED) is 0.732. The maximum absolute atomic E-state index is 12.7. The first-order valence-electron chi connectivity index (χ1n) is 9.70. The summed E-state index contributed by atoms with van der Waals surface area (Å²) in [5.74, 6) is 0.729. The molecule has 2 heterocycles. The number of nitrogens with zero attached hydrogens (tertiary/aromatic N) is 1. The van der Waals surface area contributed by atoms with Crippen molar-refractivity contribution in [3.63, 3.8) is 0 Å². The van der Waals surface area contributed by atoms with E-state index in [1.165, 1.54) is 38.0 Å². The summed E-state index contributed by atoms with van der Waals surface area (Å²) in [6, 6.07) is 10.8. The fourth-order valence-corrected chi connectivity index (χ4v) is 4.08. The average molecular weight is 332 g/mol. The molecule has 4 heteroatoms. The number of carbonyl (C=O) groups excluding carboxylic acids is 1. The van der Waals surface area contributed by atoms with Crippen LogP contribution in [-0.4, -0.2) is 63.7 Å². The number of piperazine rings is 1. The predicted octanol–water partition coefficient (Wildman–Crippen LogP) is -0.729. The first-order valence-corrected chi connectivity index (χ1v) is 9.70. The number of amides is 1. The van der Waals surface area contributed by atoms with Crippen molar-refractivity contribution in [2.24, 2.45) is 5.92 Å². The van der Waals surface area contributed by atoms with Crippen molar-refractivity contribution >= 4 is 5.91 Å². The van der Waals surface area contributed by atoms with E-state index in [2.05, 4.69) is 42.3 Å². The molecule has 2 N–H and O–H groups in total. The molecule has 2 aliphatic rings. The molecule has 2 aliphatic heterocycles. The smallest absolute Gasteiger partial charge is 0.226 e. The molecular weight excluding hydrogens is 298 g/mol. The van der Waals surface area contributed by atoms with Gasteiger partial charge < -0.3 is 14.7 Å². The van der Waals surface area contributed by atoms with Gasteiger partial charge in [0.25, 0.3) is 0 Å². The van der Waals surface area contributed by atoms with E-state index in [0.717, 1.165) is 39.0 Å². The van der Waals surface area contributed by atoms with Crippen LogP contribution < -0.4 is 9.80 Å². The van der Waals surface area contributed by atoms with E-state index in [0.29, 0.717) is 11.8 Å². The Kier molecular flexibility index (Phi) is 6.27. The molecule has 1 aromatic rings. The van der Waals surface area contributed by atoms with Crippen LogP contribution in [0.2, 0.25) is 0 Å². The van der Waals surface area contributed by atoms with Gasteiger partial charge in [-0.05, 0) is 12.0 Å².